The topological polar surface area (TPSA) is 46.3 Å². The molecule has 1 unspecified atom stereocenters. The van der Waals surface area contributed by atoms with Gasteiger partial charge in [-0.15, -0.1) is 12.4 Å². The highest BCUT2D eigenvalue weighted by Gasteiger charge is 2.21. The molecule has 0 aliphatic rings. The third-order valence-electron chi connectivity index (χ3n) is 2.80. The predicted octanol–water partition coefficient (Wildman–Crippen LogP) is 2.33. The molecule has 0 fully saturated rings. The van der Waals surface area contributed by atoms with E-state index in [0.29, 0.717) is 0 Å². The molecular weight excluding hydrogens is 274 g/mol. The second kappa shape index (κ2) is 7.40. The lowest BCUT2D eigenvalue weighted by Gasteiger charge is -2.23. The summed E-state index contributed by atoms with van der Waals surface area (Å²) in [7, 11) is 1.55. The number of hydrogen-bond donors (Lipinski definition) is 1. The monoisotopic (exact) mass is 292 g/mol. The summed E-state index contributed by atoms with van der Waals surface area (Å²) in [5.74, 6) is -1.54. The SMILES string of the molecule is CC(C)C(N)C(=O)N(C)Cc1ccc(F)cc1F.Cl. The number of halogens is 3. The first-order chi connectivity index (χ1) is 8.32. The Hall–Kier alpha value is -1.20. The smallest absolute Gasteiger partial charge is 0.239 e. The first-order valence-electron chi connectivity index (χ1n) is 5.77. The van der Waals surface area contributed by atoms with Crippen molar-refractivity contribution in [2.45, 2.75) is 26.4 Å². The van der Waals surface area contributed by atoms with Gasteiger partial charge in [0.05, 0.1) is 6.04 Å². The highest BCUT2D eigenvalue weighted by atomic mass is 35.5. The van der Waals surface area contributed by atoms with Gasteiger partial charge >= 0.3 is 0 Å². The molecule has 0 spiro atoms. The Balaban J connectivity index is 0.00000324. The van der Waals surface area contributed by atoms with Crippen molar-refractivity contribution in [2.24, 2.45) is 11.7 Å². The van der Waals surface area contributed by atoms with Gasteiger partial charge in [0.2, 0.25) is 5.91 Å². The lowest BCUT2D eigenvalue weighted by Crippen LogP contribution is -2.44. The van der Waals surface area contributed by atoms with E-state index in [2.05, 4.69) is 0 Å². The van der Waals surface area contributed by atoms with Gasteiger partial charge in [-0.3, -0.25) is 4.79 Å². The van der Waals surface area contributed by atoms with E-state index in [1.807, 2.05) is 13.8 Å². The summed E-state index contributed by atoms with van der Waals surface area (Å²) >= 11 is 0. The molecule has 108 valence electrons. The van der Waals surface area contributed by atoms with Crippen LogP contribution >= 0.6 is 12.4 Å². The van der Waals surface area contributed by atoms with Crippen LogP contribution in [0, 0.1) is 17.6 Å². The first kappa shape index (κ1) is 17.8. The zero-order valence-electron chi connectivity index (χ0n) is 11.2. The molecule has 0 aliphatic heterocycles. The van der Waals surface area contributed by atoms with Crippen molar-refractivity contribution in [3.63, 3.8) is 0 Å². The summed E-state index contributed by atoms with van der Waals surface area (Å²) in [6.07, 6.45) is 0. The van der Waals surface area contributed by atoms with E-state index < -0.39 is 17.7 Å². The molecule has 0 aliphatic carbocycles. The Labute approximate surface area is 118 Å². The van der Waals surface area contributed by atoms with Gasteiger partial charge in [-0.2, -0.15) is 0 Å². The van der Waals surface area contributed by atoms with Crippen LogP contribution in [-0.4, -0.2) is 23.9 Å². The van der Waals surface area contributed by atoms with E-state index in [0.717, 1.165) is 6.07 Å². The fourth-order valence-electron chi connectivity index (χ4n) is 1.52. The molecule has 0 aromatic heterocycles. The summed E-state index contributed by atoms with van der Waals surface area (Å²) < 4.78 is 26.2. The third-order valence-corrected chi connectivity index (χ3v) is 2.80. The van der Waals surface area contributed by atoms with Crippen molar-refractivity contribution in [1.29, 1.82) is 0 Å². The molecule has 2 N–H and O–H groups in total. The zero-order valence-corrected chi connectivity index (χ0v) is 12.0. The molecule has 1 rings (SSSR count). The van der Waals surface area contributed by atoms with Gasteiger partial charge in [-0.25, -0.2) is 8.78 Å². The molecule has 3 nitrogen and oxygen atoms in total. The van der Waals surface area contributed by atoms with E-state index in [9.17, 15) is 13.6 Å². The van der Waals surface area contributed by atoms with Crippen LogP contribution in [0.5, 0.6) is 0 Å². The minimum atomic E-state index is -0.659. The van der Waals surface area contributed by atoms with Crippen molar-refractivity contribution in [1.82, 2.24) is 4.90 Å². The Morgan fingerprint density at radius 1 is 1.37 bits per heavy atom. The standard InChI is InChI=1S/C13H18F2N2O.ClH/c1-8(2)12(16)13(18)17(3)7-9-4-5-10(14)6-11(9)15;/h4-6,8,12H,7,16H2,1-3H3;1H. The molecule has 0 saturated heterocycles. The maximum absolute atomic E-state index is 13.4. The van der Waals surface area contributed by atoms with Crippen LogP contribution in [0.1, 0.15) is 19.4 Å². The van der Waals surface area contributed by atoms with E-state index in [1.54, 1.807) is 7.05 Å². The van der Waals surface area contributed by atoms with Gasteiger partial charge in [0.25, 0.3) is 0 Å². The quantitative estimate of drug-likeness (QED) is 0.926. The summed E-state index contributed by atoms with van der Waals surface area (Å²) in [6, 6.07) is 2.68. The number of likely N-dealkylation sites (N-methyl/N-ethyl adjacent to an activating group) is 1. The van der Waals surface area contributed by atoms with Crippen molar-refractivity contribution < 1.29 is 13.6 Å². The number of rotatable bonds is 4. The van der Waals surface area contributed by atoms with Crippen molar-refractivity contribution in [3.8, 4) is 0 Å². The van der Waals surface area contributed by atoms with Crippen LogP contribution in [0.3, 0.4) is 0 Å². The molecular formula is C13H19ClF2N2O. The summed E-state index contributed by atoms with van der Waals surface area (Å²) in [5.41, 5.74) is 6.00. The maximum atomic E-state index is 13.4. The fourth-order valence-corrected chi connectivity index (χ4v) is 1.52. The number of amides is 1. The Bertz CT molecular complexity index is 441. The second-order valence-corrected chi connectivity index (χ2v) is 4.70. The highest BCUT2D eigenvalue weighted by molar-refractivity contribution is 5.85. The average Bonchev–Trinajstić information content (AvgIpc) is 2.30. The second-order valence-electron chi connectivity index (χ2n) is 4.70. The van der Waals surface area contributed by atoms with Crippen molar-refractivity contribution in [3.05, 3.63) is 35.4 Å². The zero-order chi connectivity index (χ0) is 13.9. The number of carbonyl (C=O) groups is 1. The van der Waals surface area contributed by atoms with Gasteiger partial charge in [-0.1, -0.05) is 19.9 Å². The molecule has 0 heterocycles. The van der Waals surface area contributed by atoms with Crippen LogP contribution in [-0.2, 0) is 11.3 Å². The fraction of sp³-hybridized carbons (Fsp3) is 0.462. The van der Waals surface area contributed by atoms with Crippen molar-refractivity contribution in [2.75, 3.05) is 7.05 Å². The van der Waals surface area contributed by atoms with Gasteiger partial charge in [0, 0.05) is 25.2 Å². The van der Waals surface area contributed by atoms with Crippen LogP contribution in [0.4, 0.5) is 8.78 Å². The van der Waals surface area contributed by atoms with Crippen LogP contribution in [0.25, 0.3) is 0 Å². The molecule has 19 heavy (non-hydrogen) atoms. The number of nitrogens with two attached hydrogens (primary N) is 1. The Morgan fingerprint density at radius 2 is 1.95 bits per heavy atom. The molecule has 0 saturated carbocycles. The lowest BCUT2D eigenvalue weighted by atomic mass is 10.0. The van der Waals surface area contributed by atoms with Crippen molar-refractivity contribution >= 4 is 18.3 Å². The molecule has 0 bridgehead atoms. The molecule has 1 aromatic carbocycles. The summed E-state index contributed by atoms with van der Waals surface area (Å²) in [4.78, 5) is 13.2. The largest absolute Gasteiger partial charge is 0.340 e. The lowest BCUT2D eigenvalue weighted by molar-refractivity contribution is -0.132. The number of hydrogen-bond acceptors (Lipinski definition) is 2. The Kier molecular flexibility index (Phi) is 6.94. The summed E-state index contributed by atoms with van der Waals surface area (Å²) in [6.45, 7) is 3.76. The molecule has 0 radical (unpaired) electrons. The molecule has 6 heteroatoms. The minimum Gasteiger partial charge on any atom is -0.340 e. The van der Waals surface area contributed by atoms with Gasteiger partial charge < -0.3 is 10.6 Å². The number of benzene rings is 1. The predicted molar refractivity (Wildman–Crippen MR) is 72.9 cm³/mol. The third kappa shape index (κ3) is 4.76. The average molecular weight is 293 g/mol. The summed E-state index contributed by atoms with van der Waals surface area (Å²) in [5, 5.41) is 0. The van der Waals surface area contributed by atoms with E-state index in [-0.39, 0.29) is 36.3 Å². The van der Waals surface area contributed by atoms with Crippen LogP contribution in [0.2, 0.25) is 0 Å². The minimum absolute atomic E-state index is 0. The van der Waals surface area contributed by atoms with Crippen LogP contribution < -0.4 is 5.73 Å². The van der Waals surface area contributed by atoms with Gasteiger partial charge in [-0.05, 0) is 12.0 Å². The Morgan fingerprint density at radius 3 is 2.42 bits per heavy atom. The highest BCUT2D eigenvalue weighted by Crippen LogP contribution is 2.12. The first-order valence-corrected chi connectivity index (χ1v) is 5.77. The molecule has 1 amide bonds. The van der Waals surface area contributed by atoms with Gasteiger partial charge in [0.15, 0.2) is 0 Å². The normalized spacial score (nSPS) is 11.9. The van der Waals surface area contributed by atoms with E-state index >= 15 is 0 Å². The van der Waals surface area contributed by atoms with Gasteiger partial charge in [0.1, 0.15) is 11.6 Å². The maximum Gasteiger partial charge on any atom is 0.239 e. The molecule has 1 atom stereocenters. The number of nitrogens with zero attached hydrogens (tertiary/aromatic N) is 1. The molecule has 1 aromatic rings. The van der Waals surface area contributed by atoms with E-state index in [4.69, 9.17) is 5.73 Å². The van der Waals surface area contributed by atoms with E-state index in [1.165, 1.54) is 17.0 Å². The number of carbonyl (C=O) groups excluding carboxylic acids is 1. The van der Waals surface area contributed by atoms with Crippen LogP contribution in [0.15, 0.2) is 18.2 Å².